The zero-order valence-electron chi connectivity index (χ0n) is 31.1. The minimum absolute atomic E-state index is 0.0475. The molecular formula is C46H50N2O4. The minimum atomic E-state index is -0.778. The molecule has 4 aromatic rings. The monoisotopic (exact) mass is 694 g/mol. The van der Waals surface area contributed by atoms with Crippen LogP contribution < -0.4 is 9.80 Å². The summed E-state index contributed by atoms with van der Waals surface area (Å²) in [5, 5.41) is 14.5. The number of rotatable bonds is 11. The van der Waals surface area contributed by atoms with E-state index in [2.05, 4.69) is 142 Å². The van der Waals surface area contributed by atoms with Gasteiger partial charge in [-0.1, -0.05) is 132 Å². The van der Waals surface area contributed by atoms with E-state index in [0.717, 1.165) is 24.9 Å². The third-order valence-corrected chi connectivity index (χ3v) is 11.7. The topological polar surface area (TPSA) is 70.1 Å². The van der Waals surface area contributed by atoms with Crippen LogP contribution >= 0.6 is 0 Å². The number of benzene rings is 4. The van der Waals surface area contributed by atoms with Crippen molar-refractivity contribution in [1.82, 2.24) is 0 Å². The smallest absolute Gasteiger partial charge is 0.305 e. The van der Waals surface area contributed by atoms with Gasteiger partial charge in [0.1, 0.15) is 6.61 Å². The fourth-order valence-electron chi connectivity index (χ4n) is 9.15. The number of hydrogen-bond acceptors (Lipinski definition) is 5. The Morgan fingerprint density at radius 1 is 0.885 bits per heavy atom. The average Bonchev–Trinajstić information content (AvgIpc) is 3.50. The number of para-hydroxylation sites is 1. The third-order valence-electron chi connectivity index (χ3n) is 11.7. The molecule has 0 bridgehead atoms. The molecule has 0 fully saturated rings. The number of carboxylic acid groups (broad SMARTS) is 1. The Morgan fingerprint density at radius 2 is 1.56 bits per heavy atom. The Kier molecular flexibility index (Phi) is 9.60. The molecule has 3 aliphatic rings. The number of ether oxygens (including phenoxy) is 1. The van der Waals surface area contributed by atoms with Gasteiger partial charge in [-0.3, -0.25) is 9.59 Å². The number of carbonyl (C=O) groups excluding carboxylic acids is 1. The highest BCUT2D eigenvalue weighted by Gasteiger charge is 2.44. The Hall–Kier alpha value is -5.10. The maximum absolute atomic E-state index is 11.6. The van der Waals surface area contributed by atoms with Crippen LogP contribution in [0.25, 0.3) is 21.5 Å². The van der Waals surface area contributed by atoms with E-state index in [1.165, 1.54) is 55.2 Å². The van der Waals surface area contributed by atoms with E-state index >= 15 is 0 Å². The van der Waals surface area contributed by atoms with Gasteiger partial charge in [0.05, 0.1) is 24.7 Å². The lowest BCUT2D eigenvalue weighted by Gasteiger charge is -2.32. The van der Waals surface area contributed by atoms with E-state index in [1.807, 2.05) is 6.07 Å². The highest BCUT2D eigenvalue weighted by atomic mass is 16.5. The summed E-state index contributed by atoms with van der Waals surface area (Å²) < 4.78 is 5.29. The quantitative estimate of drug-likeness (QED) is 0.0958. The maximum Gasteiger partial charge on any atom is 0.305 e. The number of aliphatic carboxylic acids is 1. The summed E-state index contributed by atoms with van der Waals surface area (Å²) in [6, 6.07) is 25.8. The number of nitrogens with zero attached hydrogens (tertiary/aromatic N) is 2. The van der Waals surface area contributed by atoms with Crippen molar-refractivity contribution in [3.8, 4) is 0 Å². The van der Waals surface area contributed by atoms with Gasteiger partial charge in [0.15, 0.2) is 0 Å². The molecule has 0 aromatic heterocycles. The van der Waals surface area contributed by atoms with Crippen LogP contribution in [0.4, 0.5) is 11.4 Å². The van der Waals surface area contributed by atoms with Crippen molar-refractivity contribution in [2.75, 3.05) is 29.5 Å². The summed E-state index contributed by atoms with van der Waals surface area (Å²) in [6.07, 6.45) is 14.8. The molecule has 6 nitrogen and oxygen atoms in total. The highest BCUT2D eigenvalue weighted by Crippen LogP contribution is 2.54. The highest BCUT2D eigenvalue weighted by molar-refractivity contribution is 6.17. The van der Waals surface area contributed by atoms with E-state index in [9.17, 15) is 14.7 Å². The van der Waals surface area contributed by atoms with Crippen LogP contribution in [0.5, 0.6) is 0 Å². The van der Waals surface area contributed by atoms with Gasteiger partial charge in [-0.25, -0.2) is 0 Å². The molecule has 52 heavy (non-hydrogen) atoms. The summed E-state index contributed by atoms with van der Waals surface area (Å²) in [6.45, 7) is 13.3. The van der Waals surface area contributed by atoms with Crippen molar-refractivity contribution in [2.24, 2.45) is 5.92 Å². The summed E-state index contributed by atoms with van der Waals surface area (Å²) in [4.78, 5) is 27.5. The molecule has 2 unspecified atom stereocenters. The van der Waals surface area contributed by atoms with Crippen LogP contribution in [0.3, 0.4) is 0 Å². The molecule has 2 aliphatic heterocycles. The van der Waals surface area contributed by atoms with Crippen molar-refractivity contribution in [3.05, 3.63) is 131 Å². The largest absolute Gasteiger partial charge is 0.481 e. The Balaban J connectivity index is 1.28. The van der Waals surface area contributed by atoms with E-state index in [0.29, 0.717) is 32.1 Å². The molecular weight excluding hydrogens is 645 g/mol. The second-order valence-electron chi connectivity index (χ2n) is 15.6. The summed E-state index contributed by atoms with van der Waals surface area (Å²) in [7, 11) is 0. The van der Waals surface area contributed by atoms with Gasteiger partial charge < -0.3 is 19.6 Å². The normalized spacial score (nSPS) is 22.0. The van der Waals surface area contributed by atoms with Crippen LogP contribution in [0, 0.1) is 5.92 Å². The van der Waals surface area contributed by atoms with Crippen LogP contribution in [-0.2, 0) is 25.2 Å². The zero-order valence-corrected chi connectivity index (χ0v) is 31.1. The molecule has 6 heteroatoms. The average molecular weight is 695 g/mol. The van der Waals surface area contributed by atoms with Gasteiger partial charge in [-0.2, -0.15) is 0 Å². The number of fused-ring (bicyclic) bond motifs is 7. The molecule has 2 atom stereocenters. The summed E-state index contributed by atoms with van der Waals surface area (Å²) >= 11 is 0. The first-order valence-corrected chi connectivity index (χ1v) is 18.7. The Labute approximate surface area is 307 Å². The second-order valence-corrected chi connectivity index (χ2v) is 15.6. The Bertz CT molecular complexity index is 2150. The lowest BCUT2D eigenvalue weighted by atomic mass is 9.79. The van der Waals surface area contributed by atoms with Gasteiger partial charge in [0.25, 0.3) is 6.47 Å². The van der Waals surface area contributed by atoms with Crippen LogP contribution in [-0.4, -0.2) is 43.3 Å². The molecule has 1 aliphatic carbocycles. The molecule has 0 amide bonds. The molecule has 0 radical (unpaired) electrons. The molecule has 268 valence electrons. The lowest BCUT2D eigenvalue weighted by Crippen LogP contribution is -2.41. The Morgan fingerprint density at radius 3 is 2.27 bits per heavy atom. The molecule has 4 aromatic carbocycles. The second kappa shape index (κ2) is 14.1. The standard InChI is InChI=1S/C46H50N2O4/c1-6-31-27-32(19-21-40-45(2,3)38-17-11-12-18-39(38)47(40)24-23-42(50)51)29-33(28-31)20-22-41-46(4,5)43-36-15-9-7-13-34(36)35-14-8-10-16-37(35)44(43)48(41)25-26-52-30-49/h7-22,29-31,40H,6,23-28H2,1-5H3,(H,50,51)/b21-19+,33-20+,41-22-. The summed E-state index contributed by atoms with van der Waals surface area (Å²) in [5.74, 6) is -0.246. The van der Waals surface area contributed by atoms with Crippen molar-refractivity contribution < 1.29 is 19.4 Å². The molecule has 0 saturated heterocycles. The SMILES string of the molecule is CCC1CC(/C=C/C2N(CCC(=O)O)c3ccccc3C2(C)C)=CC(=C/C=C2\N(CCOC=O)c3c(c4ccccc4c4ccccc34)C2(C)C)/C1. The predicted molar refractivity (Wildman–Crippen MR) is 213 cm³/mol. The van der Waals surface area contributed by atoms with E-state index in [4.69, 9.17) is 4.74 Å². The van der Waals surface area contributed by atoms with Crippen molar-refractivity contribution in [1.29, 1.82) is 0 Å². The minimum Gasteiger partial charge on any atom is -0.481 e. The van der Waals surface area contributed by atoms with Gasteiger partial charge in [-0.05, 0) is 69.3 Å². The first-order chi connectivity index (χ1) is 25.1. The van der Waals surface area contributed by atoms with Gasteiger partial charge >= 0.3 is 5.97 Å². The number of carboxylic acids is 1. The van der Waals surface area contributed by atoms with Gasteiger partial charge in [-0.15, -0.1) is 0 Å². The molecule has 2 heterocycles. The van der Waals surface area contributed by atoms with Gasteiger partial charge in [0.2, 0.25) is 0 Å². The van der Waals surface area contributed by atoms with E-state index in [1.54, 1.807) is 0 Å². The lowest BCUT2D eigenvalue weighted by molar-refractivity contribution is -0.136. The fraction of sp³-hybridized carbons (Fsp3) is 0.348. The zero-order chi connectivity index (χ0) is 36.6. The molecule has 0 spiro atoms. The number of hydrogen-bond donors (Lipinski definition) is 1. The first kappa shape index (κ1) is 35.3. The van der Waals surface area contributed by atoms with Crippen molar-refractivity contribution in [2.45, 2.75) is 77.2 Å². The van der Waals surface area contributed by atoms with E-state index < -0.39 is 5.97 Å². The van der Waals surface area contributed by atoms with Crippen LogP contribution in [0.1, 0.15) is 71.4 Å². The number of anilines is 2. The van der Waals surface area contributed by atoms with Crippen molar-refractivity contribution in [3.63, 3.8) is 0 Å². The van der Waals surface area contributed by atoms with Crippen LogP contribution in [0.2, 0.25) is 0 Å². The number of allylic oxidation sites excluding steroid dienone is 7. The molecule has 7 rings (SSSR count). The third kappa shape index (κ3) is 6.23. The summed E-state index contributed by atoms with van der Waals surface area (Å²) in [5.41, 5.74) is 8.21. The fourth-order valence-corrected chi connectivity index (χ4v) is 9.15. The molecule has 0 saturated carbocycles. The predicted octanol–water partition coefficient (Wildman–Crippen LogP) is 10.0. The first-order valence-electron chi connectivity index (χ1n) is 18.7. The van der Waals surface area contributed by atoms with Gasteiger partial charge in [0, 0.05) is 34.1 Å². The van der Waals surface area contributed by atoms with Crippen LogP contribution in [0.15, 0.2) is 120 Å². The van der Waals surface area contributed by atoms with E-state index in [-0.39, 0.29) is 23.3 Å². The maximum atomic E-state index is 11.6. The molecule has 1 N–H and O–H groups in total. The van der Waals surface area contributed by atoms with Crippen molar-refractivity contribution >= 4 is 45.4 Å². The number of carbonyl (C=O) groups is 2.